The summed E-state index contributed by atoms with van der Waals surface area (Å²) in [5.41, 5.74) is 11.5. The highest BCUT2D eigenvalue weighted by molar-refractivity contribution is 5.88. The van der Waals surface area contributed by atoms with Gasteiger partial charge in [-0.25, -0.2) is 0 Å². The van der Waals surface area contributed by atoms with E-state index in [4.69, 9.17) is 0 Å². The Balaban J connectivity index is 1.54. The lowest BCUT2D eigenvalue weighted by Gasteiger charge is -2.03. The van der Waals surface area contributed by atoms with Crippen molar-refractivity contribution in [3.8, 4) is 0 Å². The highest BCUT2D eigenvalue weighted by Gasteiger charge is 2.14. The molecule has 3 aromatic carbocycles. The maximum Gasteiger partial charge on any atom is 0.0492 e. The van der Waals surface area contributed by atoms with Crippen LogP contribution in [0.2, 0.25) is 0 Å². The van der Waals surface area contributed by atoms with E-state index < -0.39 is 0 Å². The van der Waals surface area contributed by atoms with E-state index in [1.54, 1.807) is 0 Å². The van der Waals surface area contributed by atoms with Crippen molar-refractivity contribution in [1.82, 2.24) is 15.0 Å². The second-order valence-corrected chi connectivity index (χ2v) is 8.56. The molecule has 0 saturated heterocycles. The van der Waals surface area contributed by atoms with Crippen molar-refractivity contribution in [1.29, 1.82) is 0 Å². The minimum absolute atomic E-state index is 0.896. The van der Waals surface area contributed by atoms with Crippen LogP contribution in [0, 0.1) is 0 Å². The molecule has 0 saturated carbocycles. The maximum atomic E-state index is 3.72. The average Bonchev–Trinajstić information content (AvgIpc) is 3.44. The third kappa shape index (κ3) is 2.38. The predicted octanol–water partition coefficient (Wildman–Crippen LogP) is 6.22. The van der Waals surface area contributed by atoms with Crippen LogP contribution in [0.3, 0.4) is 0 Å². The third-order valence-electron chi connectivity index (χ3n) is 6.54. The minimum Gasteiger partial charge on any atom is -0.358 e. The molecular formula is C27H21N3. The molecule has 3 N–H and O–H groups in total. The standard InChI is InChI=1S/C27H21N3/c1-4-16-10-22-14-20-8-3-6-18-12-24(30-27(18)20)15-21-9-2-5-17-11-23(29-26(17)21)13-19(7-1)25(16)28-22/h1-12,28-30H,13-15H2. The van der Waals surface area contributed by atoms with Crippen LogP contribution in [-0.2, 0) is 19.3 Å². The van der Waals surface area contributed by atoms with Gasteiger partial charge in [0, 0.05) is 52.9 Å². The normalized spacial score (nSPS) is 13.6. The van der Waals surface area contributed by atoms with Crippen molar-refractivity contribution < 1.29 is 0 Å². The van der Waals surface area contributed by atoms with Crippen LogP contribution in [0.15, 0.2) is 72.8 Å². The minimum atomic E-state index is 0.896. The molecule has 0 aliphatic carbocycles. The summed E-state index contributed by atoms with van der Waals surface area (Å²) in [6, 6.07) is 26.8. The van der Waals surface area contributed by atoms with E-state index in [-0.39, 0.29) is 0 Å². The Hall–Kier alpha value is -3.72. The van der Waals surface area contributed by atoms with Crippen molar-refractivity contribution in [2.45, 2.75) is 19.3 Å². The van der Waals surface area contributed by atoms with Crippen LogP contribution in [0.4, 0.5) is 0 Å². The van der Waals surface area contributed by atoms with E-state index in [2.05, 4.69) is 87.7 Å². The van der Waals surface area contributed by atoms with Crippen LogP contribution in [-0.4, -0.2) is 15.0 Å². The zero-order valence-corrected chi connectivity index (χ0v) is 16.5. The second-order valence-electron chi connectivity index (χ2n) is 8.56. The summed E-state index contributed by atoms with van der Waals surface area (Å²) in [6.45, 7) is 0. The molecule has 1 aliphatic heterocycles. The number of benzene rings is 3. The molecule has 0 amide bonds. The summed E-state index contributed by atoms with van der Waals surface area (Å²) >= 11 is 0. The number of hydrogen-bond acceptors (Lipinski definition) is 0. The summed E-state index contributed by atoms with van der Waals surface area (Å²) < 4.78 is 0. The lowest BCUT2D eigenvalue weighted by atomic mass is 10.0. The third-order valence-corrected chi connectivity index (χ3v) is 6.54. The summed E-state index contributed by atoms with van der Waals surface area (Å²) in [7, 11) is 0. The first kappa shape index (κ1) is 16.1. The summed E-state index contributed by atoms with van der Waals surface area (Å²) in [6.07, 6.45) is 2.69. The highest BCUT2D eigenvalue weighted by atomic mass is 14.8. The molecule has 1 aliphatic rings. The first-order valence-corrected chi connectivity index (χ1v) is 10.6. The highest BCUT2D eigenvalue weighted by Crippen LogP contribution is 2.29. The Labute approximate surface area is 173 Å². The Morgan fingerprint density at radius 1 is 0.433 bits per heavy atom. The van der Waals surface area contributed by atoms with Gasteiger partial charge in [-0.15, -0.1) is 0 Å². The maximum absolute atomic E-state index is 3.72. The summed E-state index contributed by atoms with van der Waals surface area (Å²) in [5.74, 6) is 0. The van der Waals surface area contributed by atoms with E-state index in [0.717, 1.165) is 19.3 Å². The quantitative estimate of drug-likeness (QED) is 0.277. The van der Waals surface area contributed by atoms with E-state index in [0.29, 0.717) is 0 Å². The van der Waals surface area contributed by atoms with Gasteiger partial charge in [0.15, 0.2) is 0 Å². The SMILES string of the molecule is c1cc2c3[nH]c(cc3c1)Cc1cccc3cc([nH]c13)Cc1cccc3cc([nH]c13)C2. The fourth-order valence-corrected chi connectivity index (χ4v) is 5.17. The molecule has 144 valence electrons. The number of H-pyrrole nitrogens is 3. The number of hydrogen-bond donors (Lipinski definition) is 3. The monoisotopic (exact) mass is 387 g/mol. The Morgan fingerprint density at radius 2 is 0.767 bits per heavy atom. The average molecular weight is 387 g/mol. The van der Waals surface area contributed by atoms with E-state index in [1.807, 2.05) is 0 Å². The van der Waals surface area contributed by atoms with Gasteiger partial charge in [0.25, 0.3) is 0 Å². The molecule has 0 radical (unpaired) electrons. The Morgan fingerprint density at radius 3 is 1.10 bits per heavy atom. The molecule has 0 spiro atoms. The summed E-state index contributed by atoms with van der Waals surface area (Å²) in [4.78, 5) is 11.2. The number of aromatic amines is 3. The van der Waals surface area contributed by atoms with Crippen molar-refractivity contribution in [3.63, 3.8) is 0 Å². The first-order valence-electron chi connectivity index (χ1n) is 10.6. The van der Waals surface area contributed by atoms with Gasteiger partial charge in [-0.2, -0.15) is 0 Å². The van der Waals surface area contributed by atoms with Crippen molar-refractivity contribution in [3.05, 3.63) is 107 Å². The number of aromatic nitrogens is 3. The molecule has 3 nitrogen and oxygen atoms in total. The first-order chi connectivity index (χ1) is 14.8. The zero-order valence-electron chi connectivity index (χ0n) is 16.5. The van der Waals surface area contributed by atoms with Crippen LogP contribution in [0.5, 0.6) is 0 Å². The fourth-order valence-electron chi connectivity index (χ4n) is 5.17. The van der Waals surface area contributed by atoms with E-state index in [1.165, 1.54) is 66.5 Å². The zero-order chi connectivity index (χ0) is 19.7. The van der Waals surface area contributed by atoms with Crippen molar-refractivity contribution in [2.75, 3.05) is 0 Å². The predicted molar refractivity (Wildman–Crippen MR) is 123 cm³/mol. The molecule has 6 bridgehead atoms. The summed E-state index contributed by atoms with van der Waals surface area (Å²) in [5, 5.41) is 3.85. The topological polar surface area (TPSA) is 47.4 Å². The molecule has 3 heteroatoms. The molecule has 3 aromatic heterocycles. The molecule has 4 heterocycles. The Bertz CT molecular complexity index is 1380. The smallest absolute Gasteiger partial charge is 0.0492 e. The van der Waals surface area contributed by atoms with Gasteiger partial charge in [-0.05, 0) is 51.0 Å². The van der Waals surface area contributed by atoms with Crippen LogP contribution >= 0.6 is 0 Å². The number of fused-ring (bicyclic) bond motifs is 3. The molecule has 6 aromatic rings. The van der Waals surface area contributed by atoms with Crippen molar-refractivity contribution >= 4 is 32.7 Å². The van der Waals surface area contributed by atoms with Gasteiger partial charge in [-0.1, -0.05) is 54.6 Å². The molecular weight excluding hydrogens is 366 g/mol. The van der Waals surface area contributed by atoms with Gasteiger partial charge in [0.2, 0.25) is 0 Å². The molecule has 0 fully saturated rings. The largest absolute Gasteiger partial charge is 0.358 e. The van der Waals surface area contributed by atoms with Crippen LogP contribution < -0.4 is 0 Å². The molecule has 0 atom stereocenters. The van der Waals surface area contributed by atoms with Crippen molar-refractivity contribution in [2.24, 2.45) is 0 Å². The number of para-hydroxylation sites is 3. The number of nitrogens with one attached hydrogen (secondary N) is 3. The second kappa shape index (κ2) is 5.90. The lowest BCUT2D eigenvalue weighted by molar-refractivity contribution is 1.10. The van der Waals surface area contributed by atoms with Gasteiger partial charge >= 0.3 is 0 Å². The molecule has 7 rings (SSSR count). The van der Waals surface area contributed by atoms with E-state index in [9.17, 15) is 0 Å². The number of rotatable bonds is 0. The van der Waals surface area contributed by atoms with Crippen LogP contribution in [0.25, 0.3) is 32.7 Å². The lowest BCUT2D eigenvalue weighted by Crippen LogP contribution is -1.92. The van der Waals surface area contributed by atoms with Gasteiger partial charge in [0.05, 0.1) is 0 Å². The van der Waals surface area contributed by atoms with Gasteiger partial charge in [-0.3, -0.25) is 0 Å². The fraction of sp³-hybridized carbons (Fsp3) is 0.111. The Kier molecular flexibility index (Phi) is 3.17. The van der Waals surface area contributed by atoms with Gasteiger partial charge < -0.3 is 15.0 Å². The van der Waals surface area contributed by atoms with E-state index >= 15 is 0 Å². The molecule has 30 heavy (non-hydrogen) atoms. The molecule has 0 unspecified atom stereocenters. The van der Waals surface area contributed by atoms with Gasteiger partial charge in [0.1, 0.15) is 0 Å². The van der Waals surface area contributed by atoms with Crippen LogP contribution in [0.1, 0.15) is 33.8 Å².